The predicted molar refractivity (Wildman–Crippen MR) is 115 cm³/mol. The predicted octanol–water partition coefficient (Wildman–Crippen LogP) is 0.945. The van der Waals surface area contributed by atoms with Gasteiger partial charge in [-0.3, -0.25) is 9.59 Å². The second-order valence-electron chi connectivity index (χ2n) is 6.60. The molecule has 0 aromatic rings. The average molecular weight is 409 g/mol. The maximum absolute atomic E-state index is 12.9. The van der Waals surface area contributed by atoms with Crippen LogP contribution in [0.5, 0.6) is 0 Å². The molecule has 0 fully saturated rings. The van der Waals surface area contributed by atoms with Gasteiger partial charge in [-0.05, 0) is 52.3 Å². The molecule has 8 nitrogen and oxygen atoms in total. The van der Waals surface area contributed by atoms with Gasteiger partial charge in [0.2, 0.25) is 11.8 Å². The van der Waals surface area contributed by atoms with E-state index >= 15 is 0 Å². The summed E-state index contributed by atoms with van der Waals surface area (Å²) in [6.07, 6.45) is 9.15. The third-order valence-electron chi connectivity index (χ3n) is 4.47. The molecule has 1 unspecified atom stereocenters. The Morgan fingerprint density at radius 3 is 2.31 bits per heavy atom. The van der Waals surface area contributed by atoms with Crippen LogP contribution < -0.4 is 21.7 Å². The van der Waals surface area contributed by atoms with Crippen LogP contribution in [0.25, 0.3) is 0 Å². The lowest BCUT2D eigenvalue weighted by molar-refractivity contribution is -0.145. The zero-order valence-corrected chi connectivity index (χ0v) is 18.0. The van der Waals surface area contributed by atoms with Gasteiger partial charge in [-0.2, -0.15) is 0 Å². The smallest absolute Gasteiger partial charge is 0.328 e. The SMILES string of the molecule is C=C/C=C\C(=C/C)C[C@H](NC(=O)[C@H](C)NC)C(=O)NC(CCCCN)C(=O)OC. The maximum Gasteiger partial charge on any atom is 0.328 e. The van der Waals surface area contributed by atoms with Gasteiger partial charge in [0.05, 0.1) is 13.2 Å². The van der Waals surface area contributed by atoms with Crippen LogP contribution in [-0.4, -0.2) is 56.6 Å². The van der Waals surface area contributed by atoms with Gasteiger partial charge in [-0.15, -0.1) is 0 Å². The van der Waals surface area contributed by atoms with Crippen LogP contribution in [0.1, 0.15) is 39.5 Å². The first kappa shape index (κ1) is 26.6. The van der Waals surface area contributed by atoms with Gasteiger partial charge in [-0.1, -0.05) is 30.9 Å². The van der Waals surface area contributed by atoms with Crippen LogP contribution in [0.2, 0.25) is 0 Å². The summed E-state index contributed by atoms with van der Waals surface area (Å²) in [6.45, 7) is 7.68. The van der Waals surface area contributed by atoms with Crippen LogP contribution in [0.3, 0.4) is 0 Å². The Morgan fingerprint density at radius 2 is 1.79 bits per heavy atom. The summed E-state index contributed by atoms with van der Waals surface area (Å²) in [5.41, 5.74) is 6.35. The van der Waals surface area contributed by atoms with Crippen molar-refractivity contribution in [3.63, 3.8) is 0 Å². The topological polar surface area (TPSA) is 123 Å². The number of nitrogens with two attached hydrogens (primary N) is 1. The normalized spacial score (nSPS) is 14.7. The minimum absolute atomic E-state index is 0.269. The molecule has 5 N–H and O–H groups in total. The lowest BCUT2D eigenvalue weighted by Gasteiger charge is -2.24. The zero-order valence-electron chi connectivity index (χ0n) is 18.0. The molecule has 0 aromatic carbocycles. The number of amides is 2. The van der Waals surface area contributed by atoms with Crippen molar-refractivity contribution >= 4 is 17.8 Å². The van der Waals surface area contributed by atoms with Crippen molar-refractivity contribution in [2.75, 3.05) is 20.7 Å². The monoisotopic (exact) mass is 408 g/mol. The van der Waals surface area contributed by atoms with E-state index in [4.69, 9.17) is 10.5 Å². The van der Waals surface area contributed by atoms with Gasteiger partial charge in [0.25, 0.3) is 0 Å². The molecule has 0 radical (unpaired) electrons. The number of hydrogen-bond acceptors (Lipinski definition) is 6. The Balaban J connectivity index is 5.44. The van der Waals surface area contributed by atoms with Crippen LogP contribution >= 0.6 is 0 Å². The summed E-state index contributed by atoms with van der Waals surface area (Å²) >= 11 is 0. The number of carbonyl (C=O) groups excluding carboxylic acids is 3. The number of allylic oxidation sites excluding steroid dienone is 4. The highest BCUT2D eigenvalue weighted by molar-refractivity contribution is 5.92. The van der Waals surface area contributed by atoms with Crippen molar-refractivity contribution < 1.29 is 19.1 Å². The Morgan fingerprint density at radius 1 is 1.14 bits per heavy atom. The molecular weight excluding hydrogens is 372 g/mol. The molecular formula is C21H36N4O4. The number of ether oxygens (including phenoxy) is 1. The minimum Gasteiger partial charge on any atom is -0.467 e. The first-order chi connectivity index (χ1) is 13.8. The number of hydrogen-bond donors (Lipinski definition) is 4. The summed E-state index contributed by atoms with van der Waals surface area (Å²) < 4.78 is 4.80. The molecule has 0 spiro atoms. The second kappa shape index (κ2) is 15.5. The lowest BCUT2D eigenvalue weighted by Crippen LogP contribution is -2.54. The molecule has 8 heteroatoms. The van der Waals surface area contributed by atoms with Crippen molar-refractivity contribution in [1.82, 2.24) is 16.0 Å². The largest absolute Gasteiger partial charge is 0.467 e. The molecule has 0 aliphatic carbocycles. The van der Waals surface area contributed by atoms with E-state index in [1.807, 2.05) is 19.1 Å². The van der Waals surface area contributed by atoms with Crippen molar-refractivity contribution in [2.45, 2.75) is 57.7 Å². The standard InChI is InChI=1S/C21H36N4O4/c1-6-8-11-16(7-2)14-18(25-19(26)15(3)23-4)20(27)24-17(21(28)29-5)12-9-10-13-22/h6-8,11,15,17-18,23H,1,9-10,12-14,22H2,2-5H3,(H,24,27)(H,25,26)/b11-8-,16-7+/t15-,17?,18-/m0/s1. The first-order valence-electron chi connectivity index (χ1n) is 9.84. The number of esters is 1. The maximum atomic E-state index is 12.9. The molecule has 0 bridgehead atoms. The van der Waals surface area contributed by atoms with E-state index in [2.05, 4.69) is 22.5 Å². The lowest BCUT2D eigenvalue weighted by atomic mass is 10.0. The van der Waals surface area contributed by atoms with Gasteiger partial charge in [-0.25, -0.2) is 4.79 Å². The molecule has 3 atom stereocenters. The number of methoxy groups -OCH3 is 1. The summed E-state index contributed by atoms with van der Waals surface area (Å²) in [6, 6.07) is -2.11. The highest BCUT2D eigenvalue weighted by Crippen LogP contribution is 2.10. The molecule has 0 aliphatic heterocycles. The van der Waals surface area contributed by atoms with E-state index < -0.39 is 30.0 Å². The van der Waals surface area contributed by atoms with Crippen molar-refractivity contribution in [2.24, 2.45) is 5.73 Å². The molecule has 164 valence electrons. The number of nitrogens with one attached hydrogen (secondary N) is 3. The minimum atomic E-state index is -0.847. The highest BCUT2D eigenvalue weighted by Gasteiger charge is 2.28. The van der Waals surface area contributed by atoms with E-state index in [1.165, 1.54) is 7.11 Å². The van der Waals surface area contributed by atoms with Crippen LogP contribution in [0.15, 0.2) is 36.5 Å². The number of likely N-dealkylation sites (N-methyl/N-ethyl adjacent to an activating group) is 1. The second-order valence-corrected chi connectivity index (χ2v) is 6.60. The molecule has 0 saturated carbocycles. The molecule has 0 heterocycles. The Bertz CT molecular complexity index is 601. The van der Waals surface area contributed by atoms with E-state index in [1.54, 1.807) is 26.1 Å². The van der Waals surface area contributed by atoms with Crippen LogP contribution in [-0.2, 0) is 19.1 Å². The Hall–Kier alpha value is -2.45. The van der Waals surface area contributed by atoms with E-state index in [-0.39, 0.29) is 12.3 Å². The van der Waals surface area contributed by atoms with Gasteiger partial charge >= 0.3 is 5.97 Å². The van der Waals surface area contributed by atoms with Gasteiger partial charge in [0.1, 0.15) is 12.1 Å². The van der Waals surface area contributed by atoms with Gasteiger partial charge < -0.3 is 26.4 Å². The molecule has 0 aromatic heterocycles. The van der Waals surface area contributed by atoms with Crippen molar-refractivity contribution in [3.05, 3.63) is 36.5 Å². The highest BCUT2D eigenvalue weighted by atomic mass is 16.5. The van der Waals surface area contributed by atoms with Gasteiger partial charge in [0, 0.05) is 6.42 Å². The third kappa shape index (κ3) is 10.6. The van der Waals surface area contributed by atoms with Crippen molar-refractivity contribution in [3.8, 4) is 0 Å². The summed E-state index contributed by atoms with van der Waals surface area (Å²) in [7, 11) is 2.94. The number of rotatable bonds is 14. The number of carbonyl (C=O) groups is 3. The van der Waals surface area contributed by atoms with Gasteiger partial charge in [0.15, 0.2) is 0 Å². The Kier molecular flexibility index (Phi) is 14.2. The molecule has 29 heavy (non-hydrogen) atoms. The number of unbranched alkanes of at least 4 members (excludes halogenated alkanes) is 1. The first-order valence-corrected chi connectivity index (χ1v) is 9.84. The fourth-order valence-corrected chi connectivity index (χ4v) is 2.50. The third-order valence-corrected chi connectivity index (χ3v) is 4.47. The quantitative estimate of drug-likeness (QED) is 0.193. The van der Waals surface area contributed by atoms with E-state index in [9.17, 15) is 14.4 Å². The summed E-state index contributed by atoms with van der Waals surface area (Å²) in [5, 5.41) is 8.31. The van der Waals surface area contributed by atoms with E-state index in [0.29, 0.717) is 19.4 Å². The summed E-state index contributed by atoms with van der Waals surface area (Å²) in [4.78, 5) is 37.3. The van der Waals surface area contributed by atoms with E-state index in [0.717, 1.165) is 12.0 Å². The van der Waals surface area contributed by atoms with Crippen LogP contribution in [0, 0.1) is 0 Å². The van der Waals surface area contributed by atoms with Crippen molar-refractivity contribution in [1.29, 1.82) is 0 Å². The summed E-state index contributed by atoms with van der Waals surface area (Å²) in [5.74, 6) is -1.29. The fourth-order valence-electron chi connectivity index (χ4n) is 2.50. The fraction of sp³-hybridized carbons (Fsp3) is 0.571. The van der Waals surface area contributed by atoms with Crippen LogP contribution in [0.4, 0.5) is 0 Å². The Labute approximate surface area is 174 Å². The molecule has 0 aliphatic rings. The average Bonchev–Trinajstić information content (AvgIpc) is 2.73. The molecule has 0 rings (SSSR count). The molecule has 2 amide bonds. The molecule has 0 saturated heterocycles. The zero-order chi connectivity index (χ0) is 22.2.